The van der Waals surface area contributed by atoms with Crippen LogP contribution in [0.25, 0.3) is 0 Å². The lowest BCUT2D eigenvalue weighted by Gasteiger charge is -2.37. The van der Waals surface area contributed by atoms with Crippen molar-refractivity contribution in [3.05, 3.63) is 63.4 Å². The van der Waals surface area contributed by atoms with Crippen LogP contribution in [0.2, 0.25) is 10.0 Å². The summed E-state index contributed by atoms with van der Waals surface area (Å²) >= 11 is 12.3. The number of nitrogens with one attached hydrogen (secondary N) is 1. The normalized spacial score (nSPS) is 22.3. The number of carboxylic acids is 2. The summed E-state index contributed by atoms with van der Waals surface area (Å²) in [6, 6.07) is 9.06. The van der Waals surface area contributed by atoms with Gasteiger partial charge in [-0.1, -0.05) is 50.0 Å². The lowest BCUT2D eigenvalue weighted by molar-refractivity contribution is -0.192. The van der Waals surface area contributed by atoms with E-state index in [1.165, 1.54) is 18.2 Å². The summed E-state index contributed by atoms with van der Waals surface area (Å²) < 4.78 is 52.9. The second kappa shape index (κ2) is 13.2. The maximum absolute atomic E-state index is 15.4. The molecule has 1 fully saturated rings. The lowest BCUT2D eigenvalue weighted by atomic mass is 9.62. The van der Waals surface area contributed by atoms with Crippen molar-refractivity contribution in [2.24, 2.45) is 5.41 Å². The average Bonchev–Trinajstić information content (AvgIpc) is 3.16. The molecular weight excluding hydrogens is 595 g/mol. The minimum absolute atomic E-state index is 0.0444. The lowest BCUT2D eigenvalue weighted by Crippen LogP contribution is -2.44. The van der Waals surface area contributed by atoms with Crippen molar-refractivity contribution in [3.8, 4) is 11.8 Å². The fourth-order valence-corrected chi connectivity index (χ4v) is 5.17. The van der Waals surface area contributed by atoms with Gasteiger partial charge in [0.05, 0.1) is 12.7 Å². The standard InChI is InChI=1S/C25H27Cl2FN2O4.C2HF3O2/c1-24(2,3)12-20-25(13-29,17-6-4-15(27)11-18(17)28)21(22(30-20)23(32)33)16-10-14(26)5-7-19(16)34-9-8-31;3-2(4,5)1(6)7/h4-7,10-11,20-22,30-31H,8-9,12H2,1-3H3,(H,32,33);(H,6,7)/t20-,21-,22+,25-;/m0./s1. The number of carbonyl (C=O) groups is 2. The molecule has 0 spiro atoms. The van der Waals surface area contributed by atoms with E-state index in [4.69, 9.17) is 37.8 Å². The van der Waals surface area contributed by atoms with Crippen LogP contribution in [0, 0.1) is 22.6 Å². The highest BCUT2D eigenvalue weighted by Crippen LogP contribution is 2.53. The molecule has 4 N–H and O–H groups in total. The third-order valence-electron chi connectivity index (χ3n) is 6.30. The second-order valence-corrected chi connectivity index (χ2v) is 11.3. The summed E-state index contributed by atoms with van der Waals surface area (Å²) in [7, 11) is 0. The number of halogens is 6. The molecule has 2 aromatic carbocycles. The zero-order chi connectivity index (χ0) is 31.3. The number of aliphatic carboxylic acids is 2. The van der Waals surface area contributed by atoms with Crippen LogP contribution in [-0.2, 0) is 15.0 Å². The molecule has 4 atom stereocenters. The van der Waals surface area contributed by atoms with Crippen LogP contribution >= 0.6 is 23.2 Å². The monoisotopic (exact) mass is 622 g/mol. The predicted molar refractivity (Wildman–Crippen MR) is 142 cm³/mol. The number of carboxylic acid groups (broad SMARTS) is 2. The number of nitriles is 1. The molecule has 0 aromatic heterocycles. The minimum Gasteiger partial charge on any atom is -0.491 e. The molecule has 14 heteroatoms. The summed E-state index contributed by atoms with van der Waals surface area (Å²) in [5.74, 6) is -5.45. The first-order chi connectivity index (χ1) is 18.9. The van der Waals surface area contributed by atoms with Gasteiger partial charge in [0.15, 0.2) is 0 Å². The number of alkyl halides is 3. The van der Waals surface area contributed by atoms with Crippen molar-refractivity contribution in [2.45, 2.75) is 56.8 Å². The van der Waals surface area contributed by atoms with Gasteiger partial charge in [0.25, 0.3) is 0 Å². The van der Waals surface area contributed by atoms with Crippen LogP contribution in [0.1, 0.15) is 44.2 Å². The number of hydrogen-bond donors (Lipinski definition) is 4. The van der Waals surface area contributed by atoms with E-state index in [-0.39, 0.29) is 35.0 Å². The number of ether oxygens (including phenoxy) is 1. The first-order valence-electron chi connectivity index (χ1n) is 12.1. The molecule has 41 heavy (non-hydrogen) atoms. The van der Waals surface area contributed by atoms with Gasteiger partial charge in [-0.05, 0) is 42.2 Å². The highest BCUT2D eigenvalue weighted by molar-refractivity contribution is 6.31. The smallest absolute Gasteiger partial charge is 0.490 e. The van der Waals surface area contributed by atoms with Gasteiger partial charge >= 0.3 is 18.1 Å². The van der Waals surface area contributed by atoms with Crippen LogP contribution in [0.15, 0.2) is 36.4 Å². The molecule has 0 amide bonds. The third kappa shape index (κ3) is 8.01. The quantitative estimate of drug-likeness (QED) is 0.295. The molecule has 0 bridgehead atoms. The Morgan fingerprint density at radius 2 is 1.66 bits per heavy atom. The predicted octanol–water partition coefficient (Wildman–Crippen LogP) is 5.54. The molecule has 0 radical (unpaired) electrons. The molecule has 0 aliphatic carbocycles. The Morgan fingerprint density at radius 1 is 1.10 bits per heavy atom. The SMILES string of the molecule is CC(C)(C)C[C@@H]1N[C@@H](C(=O)O)[C@H](c2cc(Cl)ccc2OCCO)[C@@]1(C#N)c1ccc(Cl)cc1F.O=C(O)C(F)(F)F. The van der Waals surface area contributed by atoms with Gasteiger partial charge < -0.3 is 20.1 Å². The molecular formula is C27H28Cl2F4N2O6. The van der Waals surface area contributed by atoms with Gasteiger partial charge in [-0.2, -0.15) is 18.4 Å². The Morgan fingerprint density at radius 3 is 2.12 bits per heavy atom. The van der Waals surface area contributed by atoms with Crippen molar-refractivity contribution in [3.63, 3.8) is 0 Å². The van der Waals surface area contributed by atoms with E-state index in [9.17, 15) is 33.4 Å². The van der Waals surface area contributed by atoms with E-state index in [1.54, 1.807) is 12.1 Å². The zero-order valence-corrected chi connectivity index (χ0v) is 23.6. The summed E-state index contributed by atoms with van der Waals surface area (Å²) in [6.07, 6.45) is -4.70. The molecule has 0 saturated carbocycles. The van der Waals surface area contributed by atoms with E-state index in [2.05, 4.69) is 11.4 Å². The number of benzene rings is 2. The van der Waals surface area contributed by atoms with Crippen LogP contribution in [0.4, 0.5) is 17.6 Å². The third-order valence-corrected chi connectivity index (χ3v) is 6.77. The maximum Gasteiger partial charge on any atom is 0.490 e. The summed E-state index contributed by atoms with van der Waals surface area (Å²) in [4.78, 5) is 21.4. The van der Waals surface area contributed by atoms with Crippen LogP contribution in [0.3, 0.4) is 0 Å². The Labute approximate surface area is 243 Å². The van der Waals surface area contributed by atoms with Gasteiger partial charge in [-0.15, -0.1) is 0 Å². The summed E-state index contributed by atoms with van der Waals surface area (Å²) in [6.45, 7) is 5.58. The Balaban J connectivity index is 0.000000745. The fraction of sp³-hybridized carbons (Fsp3) is 0.444. The molecule has 8 nitrogen and oxygen atoms in total. The average molecular weight is 623 g/mol. The Hall–Kier alpha value is -3.11. The largest absolute Gasteiger partial charge is 0.491 e. The van der Waals surface area contributed by atoms with Crippen molar-refractivity contribution in [2.75, 3.05) is 13.2 Å². The first kappa shape index (κ1) is 34.1. The molecule has 3 rings (SSSR count). The number of aliphatic hydroxyl groups excluding tert-OH is 1. The van der Waals surface area contributed by atoms with Crippen molar-refractivity contribution in [1.82, 2.24) is 5.32 Å². The molecule has 1 aliphatic heterocycles. The molecule has 1 heterocycles. The zero-order valence-electron chi connectivity index (χ0n) is 22.1. The Kier molecular flexibility index (Phi) is 11.0. The van der Waals surface area contributed by atoms with Gasteiger partial charge in [0.1, 0.15) is 29.6 Å². The molecule has 0 unspecified atom stereocenters. The highest BCUT2D eigenvalue weighted by Gasteiger charge is 2.61. The van der Waals surface area contributed by atoms with Crippen LogP contribution in [0.5, 0.6) is 5.75 Å². The van der Waals surface area contributed by atoms with Gasteiger partial charge in [-0.3, -0.25) is 10.1 Å². The van der Waals surface area contributed by atoms with Gasteiger partial charge in [0, 0.05) is 33.1 Å². The van der Waals surface area contributed by atoms with E-state index < -0.39 is 47.3 Å². The van der Waals surface area contributed by atoms with E-state index >= 15 is 4.39 Å². The first-order valence-corrected chi connectivity index (χ1v) is 12.8. The summed E-state index contributed by atoms with van der Waals surface area (Å²) in [5.41, 5.74) is -1.56. The number of aliphatic hydroxyl groups is 1. The van der Waals surface area contributed by atoms with Crippen molar-refractivity contribution < 1.29 is 47.2 Å². The highest BCUT2D eigenvalue weighted by atomic mass is 35.5. The van der Waals surface area contributed by atoms with Crippen molar-refractivity contribution >= 4 is 35.1 Å². The number of hydrogen-bond acceptors (Lipinski definition) is 6. The van der Waals surface area contributed by atoms with Gasteiger partial charge in [-0.25, -0.2) is 9.18 Å². The van der Waals surface area contributed by atoms with Gasteiger partial charge in [0.2, 0.25) is 0 Å². The fourth-order valence-electron chi connectivity index (χ4n) is 4.83. The molecule has 224 valence electrons. The van der Waals surface area contributed by atoms with Crippen LogP contribution < -0.4 is 10.1 Å². The molecule has 1 saturated heterocycles. The van der Waals surface area contributed by atoms with Crippen LogP contribution in [-0.4, -0.2) is 58.7 Å². The number of rotatable bonds is 7. The molecule has 2 aromatic rings. The number of nitrogens with zero attached hydrogens (tertiary/aromatic N) is 1. The summed E-state index contributed by atoms with van der Waals surface area (Å²) in [5, 5.41) is 40.9. The van der Waals surface area contributed by atoms with Crippen molar-refractivity contribution in [1.29, 1.82) is 5.26 Å². The van der Waals surface area contributed by atoms with E-state index in [1.807, 2.05) is 20.8 Å². The Bertz CT molecular complexity index is 1310. The van der Waals surface area contributed by atoms with E-state index in [0.29, 0.717) is 17.0 Å². The molecule has 1 aliphatic rings. The maximum atomic E-state index is 15.4. The van der Waals surface area contributed by atoms with E-state index in [0.717, 1.165) is 6.07 Å². The topological polar surface area (TPSA) is 140 Å². The second-order valence-electron chi connectivity index (χ2n) is 10.4. The minimum atomic E-state index is -5.08.